The smallest absolute Gasteiger partial charge is 0.405 e. The zero-order valence-corrected chi connectivity index (χ0v) is 22.8. The van der Waals surface area contributed by atoms with Gasteiger partial charge in [-0.05, 0) is 29.3 Å². The lowest BCUT2D eigenvalue weighted by Crippen LogP contribution is -2.63. The number of benzene rings is 2. The van der Waals surface area contributed by atoms with E-state index in [0.717, 1.165) is 38.9 Å². The van der Waals surface area contributed by atoms with Gasteiger partial charge in [-0.3, -0.25) is 4.40 Å². The Morgan fingerprint density at radius 3 is 2.35 bits per heavy atom. The third-order valence-electron chi connectivity index (χ3n) is 8.23. The summed E-state index contributed by atoms with van der Waals surface area (Å²) in [6, 6.07) is 23.8. The highest BCUT2D eigenvalue weighted by molar-refractivity contribution is 5.98. The summed E-state index contributed by atoms with van der Waals surface area (Å²) < 4.78 is 13.5. The first-order valence-electron chi connectivity index (χ1n) is 13.9. The predicted octanol–water partition coefficient (Wildman–Crippen LogP) is 5.07. The van der Waals surface area contributed by atoms with E-state index in [-0.39, 0.29) is 0 Å². The van der Waals surface area contributed by atoms with E-state index >= 15 is 0 Å². The summed E-state index contributed by atoms with van der Waals surface area (Å²) in [7, 11) is 0. The van der Waals surface area contributed by atoms with Crippen molar-refractivity contribution in [1.29, 1.82) is 0 Å². The van der Waals surface area contributed by atoms with Gasteiger partial charge in [-0.25, -0.2) is 19.7 Å². The second-order valence-electron chi connectivity index (χ2n) is 10.8. The lowest BCUT2D eigenvalue weighted by Gasteiger charge is -2.52. The topological polar surface area (TPSA) is 137 Å². The summed E-state index contributed by atoms with van der Waals surface area (Å²) in [5, 5.41) is 22.1. The first kappa shape index (κ1) is 25.5. The molecule has 0 radical (unpaired) electrons. The second kappa shape index (κ2) is 9.65. The molecule has 212 valence electrons. The number of hydrogen-bond donors (Lipinski definition) is 2. The fourth-order valence-corrected chi connectivity index (χ4v) is 6.31. The molecule has 11 heteroatoms. The third kappa shape index (κ3) is 4.20. The average Bonchev–Trinajstić information content (AvgIpc) is 3.69. The second-order valence-corrected chi connectivity index (χ2v) is 10.8. The SMILES string of the molecule is O=C(O)NC1(c2ccc(-c3nc4ccn5c(-c6ncccn6)nnc5c4cc3-c3ccccc3)cc2)CC2(C1)OCCO2. The van der Waals surface area contributed by atoms with Gasteiger partial charge in [0.05, 0.1) is 30.0 Å². The fourth-order valence-electron chi connectivity index (χ4n) is 6.31. The summed E-state index contributed by atoms with van der Waals surface area (Å²) in [5.74, 6) is 0.315. The molecule has 2 aromatic carbocycles. The maximum absolute atomic E-state index is 11.8. The highest BCUT2D eigenvalue weighted by Gasteiger charge is 2.60. The van der Waals surface area contributed by atoms with Gasteiger partial charge in [-0.15, -0.1) is 10.2 Å². The monoisotopic (exact) mass is 571 g/mol. The molecule has 43 heavy (non-hydrogen) atoms. The Hall–Kier alpha value is -5.26. The van der Waals surface area contributed by atoms with Crippen LogP contribution in [0.15, 0.2) is 91.4 Å². The van der Waals surface area contributed by atoms with Crippen molar-refractivity contribution in [2.45, 2.75) is 24.2 Å². The van der Waals surface area contributed by atoms with Crippen LogP contribution in [0.1, 0.15) is 18.4 Å². The van der Waals surface area contributed by atoms with Crippen molar-refractivity contribution in [1.82, 2.24) is 34.9 Å². The number of fused-ring (bicyclic) bond motifs is 3. The van der Waals surface area contributed by atoms with E-state index < -0.39 is 17.4 Å². The van der Waals surface area contributed by atoms with Gasteiger partial charge in [0.1, 0.15) is 0 Å². The van der Waals surface area contributed by atoms with Crippen LogP contribution in [0.25, 0.3) is 50.6 Å². The van der Waals surface area contributed by atoms with Crippen LogP contribution in [0, 0.1) is 0 Å². The zero-order valence-electron chi connectivity index (χ0n) is 22.8. The van der Waals surface area contributed by atoms with Crippen LogP contribution >= 0.6 is 0 Å². The minimum absolute atomic E-state index is 0.416. The first-order chi connectivity index (χ1) is 21.0. The highest BCUT2D eigenvalue weighted by atomic mass is 16.7. The quantitative estimate of drug-likeness (QED) is 0.291. The van der Waals surface area contributed by atoms with Crippen LogP contribution in [-0.4, -0.2) is 59.8 Å². The molecule has 6 aromatic rings. The number of carbonyl (C=O) groups is 1. The largest absolute Gasteiger partial charge is 0.465 e. The Morgan fingerprint density at radius 1 is 0.884 bits per heavy atom. The Kier molecular flexibility index (Phi) is 5.71. The molecule has 0 atom stereocenters. The Balaban J connectivity index is 1.23. The van der Waals surface area contributed by atoms with Crippen molar-refractivity contribution < 1.29 is 19.4 Å². The molecule has 2 N–H and O–H groups in total. The molecule has 1 saturated carbocycles. The van der Waals surface area contributed by atoms with E-state index in [1.54, 1.807) is 18.5 Å². The maximum atomic E-state index is 11.8. The molecule has 1 amide bonds. The Labute approximate surface area is 245 Å². The van der Waals surface area contributed by atoms with E-state index in [0.29, 0.717) is 43.4 Å². The Bertz CT molecular complexity index is 1980. The van der Waals surface area contributed by atoms with Crippen LogP contribution in [-0.2, 0) is 15.0 Å². The minimum atomic E-state index is -1.08. The van der Waals surface area contributed by atoms with Gasteiger partial charge in [0.15, 0.2) is 17.3 Å². The normalized spacial score (nSPS) is 16.8. The molecular weight excluding hydrogens is 546 g/mol. The van der Waals surface area contributed by atoms with Crippen molar-refractivity contribution in [3.63, 3.8) is 0 Å². The van der Waals surface area contributed by atoms with Crippen LogP contribution in [0.2, 0.25) is 0 Å². The van der Waals surface area contributed by atoms with Crippen LogP contribution < -0.4 is 5.32 Å². The predicted molar refractivity (Wildman–Crippen MR) is 157 cm³/mol. The van der Waals surface area contributed by atoms with Gasteiger partial charge < -0.3 is 19.9 Å². The summed E-state index contributed by atoms with van der Waals surface area (Å²) in [4.78, 5) is 25.6. The summed E-state index contributed by atoms with van der Waals surface area (Å²) in [5.41, 5.74) is 5.13. The van der Waals surface area contributed by atoms with E-state index in [2.05, 4.69) is 43.7 Å². The number of ether oxygens (including phenoxy) is 2. The number of amides is 1. The average molecular weight is 572 g/mol. The molecule has 0 unspecified atom stereocenters. The van der Waals surface area contributed by atoms with E-state index in [4.69, 9.17) is 14.5 Å². The van der Waals surface area contributed by atoms with Gasteiger partial charge in [0.2, 0.25) is 5.82 Å². The summed E-state index contributed by atoms with van der Waals surface area (Å²) in [6.45, 7) is 1.03. The first-order valence-corrected chi connectivity index (χ1v) is 13.9. The number of hydrogen-bond acceptors (Lipinski definition) is 8. The number of rotatable bonds is 5. The standard InChI is InChI=1S/C32H25N7O4/c40-30(41)36-31(18-32(19-31)42-15-16-43-32)22-9-7-21(8-10-22)26-23(20-5-2-1-3-6-20)17-24-25(35-26)11-14-39-28(24)37-38-29(39)27-33-12-4-13-34-27/h1-14,17,36H,15-16,18-19H2,(H,40,41). The number of nitrogens with one attached hydrogen (secondary N) is 1. The van der Waals surface area contributed by atoms with Crippen molar-refractivity contribution in [2.75, 3.05) is 13.2 Å². The molecule has 1 aliphatic heterocycles. The number of nitrogens with zero attached hydrogens (tertiary/aromatic N) is 6. The minimum Gasteiger partial charge on any atom is -0.465 e. The highest BCUT2D eigenvalue weighted by Crippen LogP contribution is 2.53. The molecule has 2 fully saturated rings. The number of carboxylic acid groups (broad SMARTS) is 1. The van der Waals surface area contributed by atoms with Gasteiger partial charge in [0.25, 0.3) is 0 Å². The lowest BCUT2D eigenvalue weighted by molar-refractivity contribution is -0.244. The van der Waals surface area contributed by atoms with Crippen molar-refractivity contribution in [3.05, 3.63) is 97.0 Å². The van der Waals surface area contributed by atoms with Crippen molar-refractivity contribution >= 4 is 22.6 Å². The van der Waals surface area contributed by atoms with E-state index in [1.165, 1.54) is 0 Å². The van der Waals surface area contributed by atoms with E-state index in [1.807, 2.05) is 59.1 Å². The van der Waals surface area contributed by atoms with Crippen LogP contribution in [0.4, 0.5) is 4.79 Å². The summed E-state index contributed by atoms with van der Waals surface area (Å²) in [6.07, 6.45) is 4.98. The molecular formula is C32H25N7O4. The molecule has 2 aliphatic rings. The van der Waals surface area contributed by atoms with Crippen molar-refractivity contribution in [3.8, 4) is 34.0 Å². The van der Waals surface area contributed by atoms with Crippen LogP contribution in [0.3, 0.4) is 0 Å². The fraction of sp³-hybridized carbons (Fsp3) is 0.188. The molecule has 1 saturated heterocycles. The Morgan fingerprint density at radius 2 is 1.63 bits per heavy atom. The van der Waals surface area contributed by atoms with Gasteiger partial charge in [-0.2, -0.15) is 0 Å². The number of aromatic nitrogens is 6. The van der Waals surface area contributed by atoms with Gasteiger partial charge >= 0.3 is 6.09 Å². The molecule has 0 bridgehead atoms. The van der Waals surface area contributed by atoms with Crippen molar-refractivity contribution in [2.24, 2.45) is 0 Å². The zero-order chi connectivity index (χ0) is 29.0. The molecule has 8 rings (SSSR count). The molecule has 4 aromatic heterocycles. The molecule has 5 heterocycles. The van der Waals surface area contributed by atoms with E-state index in [9.17, 15) is 9.90 Å². The van der Waals surface area contributed by atoms with Gasteiger partial charge in [-0.1, -0.05) is 54.6 Å². The third-order valence-corrected chi connectivity index (χ3v) is 8.23. The summed E-state index contributed by atoms with van der Waals surface area (Å²) >= 11 is 0. The lowest BCUT2D eigenvalue weighted by atomic mass is 9.67. The number of pyridine rings is 2. The molecule has 11 nitrogen and oxygen atoms in total. The maximum Gasteiger partial charge on any atom is 0.405 e. The van der Waals surface area contributed by atoms with Gasteiger partial charge in [0, 0.05) is 47.9 Å². The molecule has 1 aliphatic carbocycles. The molecule has 1 spiro atoms. The van der Waals surface area contributed by atoms with Crippen LogP contribution in [0.5, 0.6) is 0 Å².